The fourth-order valence-corrected chi connectivity index (χ4v) is 2.60. The van der Waals surface area contributed by atoms with Gasteiger partial charge in [-0.1, -0.05) is 18.2 Å². The zero-order valence-electron chi connectivity index (χ0n) is 13.4. The van der Waals surface area contributed by atoms with Crippen LogP contribution in [0.5, 0.6) is 0 Å². The lowest BCUT2D eigenvalue weighted by atomic mass is 10.0. The van der Waals surface area contributed by atoms with Crippen LogP contribution in [0.25, 0.3) is 5.57 Å². The van der Waals surface area contributed by atoms with Crippen molar-refractivity contribution < 1.29 is 4.79 Å². The molecule has 1 amide bonds. The first-order valence-corrected chi connectivity index (χ1v) is 7.74. The van der Waals surface area contributed by atoms with Crippen molar-refractivity contribution in [2.45, 2.75) is 19.4 Å². The number of nitrogens with one attached hydrogen (secondary N) is 2. The Bertz CT molecular complexity index is 798. The molecule has 1 aromatic carbocycles. The van der Waals surface area contributed by atoms with Crippen LogP contribution in [0, 0.1) is 0 Å². The highest BCUT2D eigenvalue weighted by atomic mass is 16.1. The van der Waals surface area contributed by atoms with Gasteiger partial charge in [-0.3, -0.25) is 4.79 Å². The van der Waals surface area contributed by atoms with E-state index in [1.54, 1.807) is 12.4 Å². The number of rotatable bonds is 3. The number of fused-ring (bicyclic) bond motifs is 1. The van der Waals surface area contributed by atoms with Crippen molar-refractivity contribution in [3.8, 4) is 0 Å². The monoisotopic (exact) mass is 321 g/mol. The lowest BCUT2D eigenvalue weighted by Gasteiger charge is -2.16. The van der Waals surface area contributed by atoms with E-state index in [0.717, 1.165) is 22.5 Å². The summed E-state index contributed by atoms with van der Waals surface area (Å²) in [5.74, 6) is 0.597. The number of hydrogen-bond donors (Lipinski definition) is 3. The van der Waals surface area contributed by atoms with Gasteiger partial charge in [-0.15, -0.1) is 0 Å². The van der Waals surface area contributed by atoms with Crippen molar-refractivity contribution in [1.82, 2.24) is 4.98 Å². The van der Waals surface area contributed by atoms with E-state index < -0.39 is 0 Å². The van der Waals surface area contributed by atoms with Crippen molar-refractivity contribution in [3.05, 3.63) is 54.4 Å². The minimum absolute atomic E-state index is 0.00803. The third-order valence-electron chi connectivity index (χ3n) is 3.70. The second-order valence-corrected chi connectivity index (χ2v) is 5.59. The summed E-state index contributed by atoms with van der Waals surface area (Å²) < 4.78 is 0. The quantitative estimate of drug-likeness (QED) is 0.758. The lowest BCUT2D eigenvalue weighted by Crippen LogP contribution is -2.19. The highest BCUT2D eigenvalue weighted by molar-refractivity contribution is 6.14. The molecular weight excluding hydrogens is 302 g/mol. The maximum absolute atomic E-state index is 11.9. The highest BCUT2D eigenvalue weighted by Gasteiger charge is 2.20. The number of amides is 1. The zero-order chi connectivity index (χ0) is 16.9. The summed E-state index contributed by atoms with van der Waals surface area (Å²) in [5, 5.41) is 6.30. The molecule has 0 spiro atoms. The molecule has 1 aromatic heterocycles. The number of nitrogens with two attached hydrogens (primary N) is 1. The van der Waals surface area contributed by atoms with Crippen molar-refractivity contribution in [3.63, 3.8) is 0 Å². The van der Waals surface area contributed by atoms with Gasteiger partial charge in [0.05, 0.1) is 11.4 Å². The van der Waals surface area contributed by atoms with Crippen LogP contribution in [0.15, 0.2) is 53.8 Å². The first-order valence-electron chi connectivity index (χ1n) is 7.74. The summed E-state index contributed by atoms with van der Waals surface area (Å²) in [4.78, 5) is 20.4. The lowest BCUT2D eigenvalue weighted by molar-refractivity contribution is -0.116. The normalized spacial score (nSPS) is 17.8. The van der Waals surface area contributed by atoms with E-state index in [1.807, 2.05) is 43.3 Å². The van der Waals surface area contributed by atoms with Gasteiger partial charge in [-0.2, -0.15) is 0 Å². The number of para-hydroxylation sites is 1. The molecule has 1 atom stereocenters. The molecule has 0 saturated heterocycles. The molecule has 3 rings (SSSR count). The molecule has 0 saturated carbocycles. The Labute approximate surface area is 140 Å². The van der Waals surface area contributed by atoms with Crippen molar-refractivity contribution in [2.75, 3.05) is 10.6 Å². The topological polar surface area (TPSA) is 92.4 Å². The highest BCUT2D eigenvalue weighted by Crippen LogP contribution is 2.33. The number of benzene rings is 1. The molecule has 1 aliphatic heterocycles. The van der Waals surface area contributed by atoms with Crippen molar-refractivity contribution in [1.29, 1.82) is 0 Å². The van der Waals surface area contributed by atoms with Gasteiger partial charge in [-0.05, 0) is 25.1 Å². The van der Waals surface area contributed by atoms with E-state index >= 15 is 0 Å². The number of carbonyl (C=O) groups excluding carboxylic acids is 1. The number of allylic oxidation sites excluding steroid dienone is 1. The molecule has 6 nitrogen and oxygen atoms in total. The fraction of sp³-hybridized carbons (Fsp3) is 0.167. The summed E-state index contributed by atoms with van der Waals surface area (Å²) in [6.07, 6.45) is 5.28. The minimum Gasteiger partial charge on any atom is -0.404 e. The average molecular weight is 321 g/mol. The smallest absolute Gasteiger partial charge is 0.226 e. The molecule has 24 heavy (non-hydrogen) atoms. The minimum atomic E-state index is -0.00803. The third kappa shape index (κ3) is 3.43. The summed E-state index contributed by atoms with van der Waals surface area (Å²) in [5.41, 5.74) is 9.03. The standard InChI is InChI=1S/C18H19N5O/c1-12-9-17(24)23-15-6-4-5-14(18(15)22-12)13(10-19)11-21-16-7-2-3-8-20-16/h2-8,10-12,22H,9,19H2,1H3,(H,23,24)/b13-10+,21-11+/t12-/m1/s1. The molecular formula is C18H19N5O. The van der Waals surface area contributed by atoms with E-state index in [9.17, 15) is 4.79 Å². The molecule has 2 heterocycles. The van der Waals surface area contributed by atoms with E-state index in [1.165, 1.54) is 6.20 Å². The Morgan fingerprint density at radius 3 is 2.96 bits per heavy atom. The Morgan fingerprint density at radius 1 is 1.33 bits per heavy atom. The van der Waals surface area contributed by atoms with Gasteiger partial charge in [0.15, 0.2) is 5.82 Å². The van der Waals surface area contributed by atoms with Gasteiger partial charge < -0.3 is 16.4 Å². The van der Waals surface area contributed by atoms with Gasteiger partial charge in [0.1, 0.15) is 0 Å². The summed E-state index contributed by atoms with van der Waals surface area (Å²) in [7, 11) is 0. The number of anilines is 2. The number of nitrogens with zero attached hydrogens (tertiary/aromatic N) is 2. The second-order valence-electron chi connectivity index (χ2n) is 5.59. The van der Waals surface area contributed by atoms with Crippen LogP contribution in [-0.2, 0) is 4.79 Å². The van der Waals surface area contributed by atoms with E-state index in [-0.39, 0.29) is 11.9 Å². The van der Waals surface area contributed by atoms with Gasteiger partial charge in [0, 0.05) is 42.2 Å². The number of carbonyl (C=O) groups is 1. The van der Waals surface area contributed by atoms with Crippen LogP contribution in [0.2, 0.25) is 0 Å². The Kier molecular flexibility index (Phi) is 4.56. The molecule has 0 fully saturated rings. The molecule has 0 unspecified atom stereocenters. The first-order chi connectivity index (χ1) is 11.7. The van der Waals surface area contributed by atoms with E-state index in [4.69, 9.17) is 5.73 Å². The van der Waals surface area contributed by atoms with Gasteiger partial charge in [0.2, 0.25) is 5.91 Å². The zero-order valence-corrected chi connectivity index (χ0v) is 13.4. The van der Waals surface area contributed by atoms with Crippen LogP contribution in [-0.4, -0.2) is 23.1 Å². The molecule has 122 valence electrons. The van der Waals surface area contributed by atoms with Gasteiger partial charge >= 0.3 is 0 Å². The molecule has 4 N–H and O–H groups in total. The number of aliphatic imine (C=N–C) groups is 1. The van der Waals surface area contributed by atoms with Crippen molar-refractivity contribution in [2.24, 2.45) is 10.7 Å². The molecule has 0 aliphatic carbocycles. The molecule has 6 heteroatoms. The average Bonchev–Trinajstić information content (AvgIpc) is 2.73. The Hall–Kier alpha value is -3.15. The van der Waals surface area contributed by atoms with Crippen molar-refractivity contribution >= 4 is 34.9 Å². The summed E-state index contributed by atoms with van der Waals surface area (Å²) in [6.45, 7) is 1.97. The summed E-state index contributed by atoms with van der Waals surface area (Å²) in [6, 6.07) is 11.2. The molecule has 2 aromatic rings. The molecule has 1 aliphatic rings. The van der Waals surface area contributed by atoms with Crippen LogP contribution in [0.4, 0.5) is 17.2 Å². The predicted molar refractivity (Wildman–Crippen MR) is 97.3 cm³/mol. The van der Waals surface area contributed by atoms with Crippen LogP contribution in [0.1, 0.15) is 18.9 Å². The maximum Gasteiger partial charge on any atom is 0.226 e. The SMILES string of the molecule is C[C@@H]1CC(=O)Nc2cccc(C(=C/N)/C=N/c3ccccn3)c2N1. The van der Waals surface area contributed by atoms with E-state index in [2.05, 4.69) is 20.6 Å². The third-order valence-corrected chi connectivity index (χ3v) is 3.70. The Morgan fingerprint density at radius 2 is 2.21 bits per heavy atom. The molecule has 0 radical (unpaired) electrons. The first kappa shape index (κ1) is 15.7. The second kappa shape index (κ2) is 6.95. The summed E-state index contributed by atoms with van der Waals surface area (Å²) >= 11 is 0. The van der Waals surface area contributed by atoms with Gasteiger partial charge in [0.25, 0.3) is 0 Å². The number of aromatic nitrogens is 1. The van der Waals surface area contributed by atoms with Crippen LogP contribution >= 0.6 is 0 Å². The number of hydrogen-bond acceptors (Lipinski definition) is 5. The van der Waals surface area contributed by atoms with Gasteiger partial charge in [-0.25, -0.2) is 9.98 Å². The molecule has 0 bridgehead atoms. The van der Waals surface area contributed by atoms with Crippen LogP contribution in [0.3, 0.4) is 0 Å². The van der Waals surface area contributed by atoms with Crippen LogP contribution < -0.4 is 16.4 Å². The largest absolute Gasteiger partial charge is 0.404 e. The Balaban J connectivity index is 1.98. The number of pyridine rings is 1. The van der Waals surface area contributed by atoms with E-state index in [0.29, 0.717) is 12.2 Å². The predicted octanol–water partition coefficient (Wildman–Crippen LogP) is 2.93. The maximum atomic E-state index is 11.9. The fourth-order valence-electron chi connectivity index (χ4n) is 2.60.